The molecule has 1 aliphatic carbocycles. The summed E-state index contributed by atoms with van der Waals surface area (Å²) in [5.74, 6) is -2.16. The number of anilines is 1. The molecular weight excluding hydrogens is 625 g/mol. The first-order chi connectivity index (χ1) is 23.2. The summed E-state index contributed by atoms with van der Waals surface area (Å²) in [7, 11) is 0. The Morgan fingerprint density at radius 1 is 1.00 bits per heavy atom. The summed E-state index contributed by atoms with van der Waals surface area (Å²) in [4.78, 5) is 57.2. The molecule has 1 aromatic carbocycles. The van der Waals surface area contributed by atoms with Gasteiger partial charge in [0.05, 0.1) is 11.6 Å². The van der Waals surface area contributed by atoms with Gasteiger partial charge in [0.1, 0.15) is 17.6 Å². The molecular formula is C37H56FN7O4. The van der Waals surface area contributed by atoms with Crippen molar-refractivity contribution in [3.63, 3.8) is 0 Å². The van der Waals surface area contributed by atoms with Crippen LogP contribution in [0.1, 0.15) is 103 Å². The second kappa shape index (κ2) is 16.7. The fourth-order valence-electron chi connectivity index (χ4n) is 7.04. The van der Waals surface area contributed by atoms with Crippen molar-refractivity contribution >= 4 is 29.3 Å². The van der Waals surface area contributed by atoms with Crippen LogP contribution in [0.4, 0.5) is 10.1 Å². The third-order valence-electron chi connectivity index (χ3n) is 10.4. The number of aryl methyl sites for hydroxylation is 1. The second-order valence-corrected chi connectivity index (χ2v) is 14.8. The molecule has 0 spiro atoms. The average molecular weight is 682 g/mol. The summed E-state index contributed by atoms with van der Waals surface area (Å²) >= 11 is 0. The van der Waals surface area contributed by atoms with Crippen LogP contribution in [-0.4, -0.2) is 87.5 Å². The number of hydrogen-bond donors (Lipinski definition) is 3. The van der Waals surface area contributed by atoms with Crippen LogP contribution in [0.5, 0.6) is 0 Å². The maximum atomic E-state index is 15.7. The number of hydrogen-bond acceptors (Lipinski definition) is 6. The summed E-state index contributed by atoms with van der Waals surface area (Å²) in [5, 5.41) is 12.8. The molecule has 1 aliphatic heterocycles. The molecule has 270 valence electrons. The zero-order valence-electron chi connectivity index (χ0n) is 30.4. The lowest BCUT2D eigenvalue weighted by Crippen LogP contribution is -2.58. The second-order valence-electron chi connectivity index (χ2n) is 14.8. The molecule has 2 heterocycles. The number of aromatic nitrogens is 2. The first kappa shape index (κ1) is 38.0. The lowest BCUT2D eigenvalue weighted by atomic mass is 9.76. The average Bonchev–Trinajstić information content (AvgIpc) is 3.57. The number of carbonyl (C=O) groups is 4. The van der Waals surface area contributed by atoms with Gasteiger partial charge in [-0.05, 0) is 76.1 Å². The Morgan fingerprint density at radius 2 is 1.67 bits per heavy atom. The first-order valence-corrected chi connectivity index (χ1v) is 18.0. The van der Waals surface area contributed by atoms with Crippen LogP contribution >= 0.6 is 0 Å². The van der Waals surface area contributed by atoms with Crippen LogP contribution in [0.2, 0.25) is 0 Å². The largest absolute Gasteiger partial charge is 0.350 e. The zero-order chi connectivity index (χ0) is 35.9. The molecule has 49 heavy (non-hydrogen) atoms. The van der Waals surface area contributed by atoms with E-state index in [1.807, 2.05) is 13.8 Å². The standard InChI is InChI=1S/C37H56FN7O4/c1-8-32(46)42-33(36(49)43-18-20-44(21-19-43)37(5,6)7)25(4)27-14-15-30(29(38)22-27)41-34(47)28(26-12-10-24(3)11-13-26)23-39-35(48)31-16-17-40-45(31)9-2/h14-17,22,24-26,28,33H,8-13,18-21,23H2,1-7H3,(H,39,48)(H,41,47)(H,42,46)/t24?,25-,26?,28-,33+/m0/s1. The summed E-state index contributed by atoms with van der Waals surface area (Å²) < 4.78 is 17.3. The quantitative estimate of drug-likeness (QED) is 0.296. The number of rotatable bonds is 12. The van der Waals surface area contributed by atoms with Gasteiger partial charge in [0, 0.05) is 63.3 Å². The van der Waals surface area contributed by atoms with Crippen molar-refractivity contribution in [1.29, 1.82) is 0 Å². The van der Waals surface area contributed by atoms with Gasteiger partial charge in [0.2, 0.25) is 17.7 Å². The molecule has 12 heteroatoms. The number of halogens is 1. The summed E-state index contributed by atoms with van der Waals surface area (Å²) in [6.07, 6.45) is 5.48. The van der Waals surface area contributed by atoms with Gasteiger partial charge in [-0.3, -0.25) is 28.8 Å². The van der Waals surface area contributed by atoms with E-state index in [4.69, 9.17) is 0 Å². The Kier molecular flexibility index (Phi) is 13.0. The highest BCUT2D eigenvalue weighted by Gasteiger charge is 2.36. The number of piperazine rings is 1. The smallest absolute Gasteiger partial charge is 0.269 e. The van der Waals surface area contributed by atoms with E-state index in [-0.39, 0.29) is 53.7 Å². The fourth-order valence-corrected chi connectivity index (χ4v) is 7.04. The third-order valence-corrected chi connectivity index (χ3v) is 10.4. The van der Waals surface area contributed by atoms with E-state index in [0.29, 0.717) is 36.8 Å². The van der Waals surface area contributed by atoms with Crippen LogP contribution in [-0.2, 0) is 20.9 Å². The van der Waals surface area contributed by atoms with Crippen LogP contribution in [0.25, 0.3) is 0 Å². The van der Waals surface area contributed by atoms with Gasteiger partial charge in [-0.15, -0.1) is 0 Å². The molecule has 4 amide bonds. The van der Waals surface area contributed by atoms with Crippen molar-refractivity contribution in [1.82, 2.24) is 30.2 Å². The molecule has 3 N–H and O–H groups in total. The minimum Gasteiger partial charge on any atom is -0.350 e. The van der Waals surface area contributed by atoms with E-state index < -0.39 is 23.7 Å². The minimum atomic E-state index is -0.862. The van der Waals surface area contributed by atoms with Gasteiger partial charge in [-0.1, -0.05) is 39.7 Å². The molecule has 0 unspecified atom stereocenters. The Balaban J connectivity index is 1.48. The molecule has 0 radical (unpaired) electrons. The van der Waals surface area contributed by atoms with Crippen LogP contribution in [0.3, 0.4) is 0 Å². The highest BCUT2D eigenvalue weighted by molar-refractivity contribution is 5.95. The Morgan fingerprint density at radius 3 is 2.27 bits per heavy atom. The monoisotopic (exact) mass is 681 g/mol. The van der Waals surface area contributed by atoms with Crippen molar-refractivity contribution in [3.05, 3.63) is 47.5 Å². The molecule has 4 rings (SSSR count). The topological polar surface area (TPSA) is 129 Å². The number of nitrogens with one attached hydrogen (secondary N) is 3. The molecule has 1 saturated carbocycles. The van der Waals surface area contributed by atoms with Crippen molar-refractivity contribution in [3.8, 4) is 0 Å². The maximum Gasteiger partial charge on any atom is 0.269 e. The van der Waals surface area contributed by atoms with Gasteiger partial charge < -0.3 is 20.9 Å². The third kappa shape index (κ3) is 9.67. The number of amides is 4. The summed E-state index contributed by atoms with van der Waals surface area (Å²) in [5.41, 5.74) is 0.990. The van der Waals surface area contributed by atoms with Crippen LogP contribution in [0, 0.1) is 23.6 Å². The van der Waals surface area contributed by atoms with E-state index in [2.05, 4.69) is 53.6 Å². The zero-order valence-corrected chi connectivity index (χ0v) is 30.4. The predicted octanol–water partition coefficient (Wildman–Crippen LogP) is 4.79. The highest BCUT2D eigenvalue weighted by Crippen LogP contribution is 2.34. The fraction of sp³-hybridized carbons (Fsp3) is 0.649. The lowest BCUT2D eigenvalue weighted by molar-refractivity contribution is -0.139. The molecule has 2 aliphatic rings. The normalized spacial score (nSPS) is 20.6. The summed E-state index contributed by atoms with van der Waals surface area (Å²) in [6.45, 7) is 17.3. The number of carbonyl (C=O) groups excluding carboxylic acids is 4. The Bertz CT molecular complexity index is 1450. The van der Waals surface area contributed by atoms with Gasteiger partial charge in [-0.2, -0.15) is 5.10 Å². The first-order valence-electron chi connectivity index (χ1n) is 18.0. The number of nitrogens with zero attached hydrogens (tertiary/aromatic N) is 4. The molecule has 0 bridgehead atoms. The summed E-state index contributed by atoms with van der Waals surface area (Å²) in [6, 6.07) is 5.33. The molecule has 11 nitrogen and oxygen atoms in total. The molecule has 1 aromatic heterocycles. The Hall–Kier alpha value is -3.80. The SMILES string of the molecule is CCC(=O)N[C@@H](C(=O)N1CCN(C(C)(C)C)CC1)[C@@H](C)c1ccc(NC(=O)[C@@H](CNC(=O)c2ccnn2CC)C2CCC(C)CC2)c(F)c1. The van der Waals surface area contributed by atoms with Crippen molar-refractivity contribution < 1.29 is 23.6 Å². The van der Waals surface area contributed by atoms with Gasteiger partial charge in [-0.25, -0.2) is 4.39 Å². The maximum absolute atomic E-state index is 15.7. The van der Waals surface area contributed by atoms with Gasteiger partial charge >= 0.3 is 0 Å². The van der Waals surface area contributed by atoms with Gasteiger partial charge in [0.25, 0.3) is 5.91 Å². The van der Waals surface area contributed by atoms with E-state index in [1.54, 1.807) is 34.8 Å². The lowest BCUT2D eigenvalue weighted by Gasteiger charge is -2.43. The van der Waals surface area contributed by atoms with E-state index in [9.17, 15) is 19.2 Å². The van der Waals surface area contributed by atoms with Crippen molar-refractivity contribution in [2.45, 2.75) is 105 Å². The highest BCUT2D eigenvalue weighted by atomic mass is 19.1. The van der Waals surface area contributed by atoms with Crippen molar-refractivity contribution in [2.24, 2.45) is 17.8 Å². The molecule has 1 saturated heterocycles. The Labute approximate surface area is 290 Å². The minimum absolute atomic E-state index is 0.00477. The van der Waals surface area contributed by atoms with Crippen molar-refractivity contribution in [2.75, 3.05) is 38.0 Å². The molecule has 3 atom stereocenters. The van der Waals surface area contributed by atoms with E-state index in [0.717, 1.165) is 38.8 Å². The van der Waals surface area contributed by atoms with Gasteiger partial charge in [0.15, 0.2) is 0 Å². The molecule has 2 fully saturated rings. The predicted molar refractivity (Wildman–Crippen MR) is 188 cm³/mol. The molecule has 2 aromatic rings. The van der Waals surface area contributed by atoms with Crippen LogP contribution < -0.4 is 16.0 Å². The van der Waals surface area contributed by atoms with E-state index in [1.165, 1.54) is 12.1 Å². The number of benzene rings is 1. The van der Waals surface area contributed by atoms with E-state index >= 15 is 4.39 Å². The van der Waals surface area contributed by atoms with Crippen LogP contribution in [0.15, 0.2) is 30.5 Å².